The average Bonchev–Trinajstić information content (AvgIpc) is 2.92. The van der Waals surface area contributed by atoms with Gasteiger partial charge in [-0.15, -0.1) is 6.42 Å². The molecule has 44 heavy (non-hydrogen) atoms. The summed E-state index contributed by atoms with van der Waals surface area (Å²) in [5.41, 5.74) is 2.10. The highest BCUT2D eigenvalue weighted by Gasteiger charge is 2.36. The Balaban J connectivity index is 2.17. The lowest BCUT2D eigenvalue weighted by Gasteiger charge is -2.35. The number of aliphatic hydroxyl groups is 1. The summed E-state index contributed by atoms with van der Waals surface area (Å²) < 4.78 is 12.2. The van der Waals surface area contributed by atoms with E-state index in [1.54, 1.807) is 34.7 Å². The minimum absolute atomic E-state index is 0.0145. The molecule has 1 saturated heterocycles. The van der Waals surface area contributed by atoms with Crippen molar-refractivity contribution < 1.29 is 34.1 Å². The molecule has 1 fully saturated rings. The van der Waals surface area contributed by atoms with Gasteiger partial charge in [0.05, 0.1) is 17.9 Å². The first-order chi connectivity index (χ1) is 20.9. The minimum atomic E-state index is -0.901. The molecule has 242 valence electrons. The standard InChI is InChI=1S/C33H46N2O7S2/c1-7-8-9-10-12-27(42-30-21-24(36)20-23(3)41-30)31-25(22(2)19-26(37)32(31)34-6)15-18-43-44-33(4,5)16-17-35-28(38)13-11-14-29(39)40/h1,8-9,15,22-24,27,30,34,36H,11,13-14,16-21H2,2-6H3,(H,35,38)(H,39,40)/b9-8-,25-15-/t22?,23-,24+,27+,30+/m1/s1. The van der Waals surface area contributed by atoms with Gasteiger partial charge in [0.1, 0.15) is 6.10 Å². The SMILES string of the molecule is C#C/C=C\C#C[C@H](O[C@H]1C[C@@H](O)C[C@@H](C)O1)C1=C(NC)C(=O)CC(C)/C1=C/CSSC(C)(C)CCNC(=O)CCCC(=O)O. The first-order valence-corrected chi connectivity index (χ1v) is 17.2. The molecule has 0 saturated carbocycles. The van der Waals surface area contributed by atoms with E-state index in [-0.39, 0.29) is 41.3 Å². The van der Waals surface area contributed by atoms with E-state index < -0.39 is 24.5 Å². The minimum Gasteiger partial charge on any atom is -0.481 e. The molecule has 0 spiro atoms. The predicted molar refractivity (Wildman–Crippen MR) is 176 cm³/mol. The van der Waals surface area contributed by atoms with Crippen LogP contribution in [0.5, 0.6) is 0 Å². The van der Waals surface area contributed by atoms with Gasteiger partial charge in [-0.25, -0.2) is 0 Å². The number of Topliss-reactive ketones (excluding diaryl/α,β-unsaturated/α-hetero) is 1. The Hall–Kier alpha value is -2.67. The van der Waals surface area contributed by atoms with Gasteiger partial charge in [0.25, 0.3) is 0 Å². The number of ether oxygens (including phenoxy) is 2. The number of aliphatic hydroxyl groups excluding tert-OH is 1. The van der Waals surface area contributed by atoms with Crippen LogP contribution in [0.3, 0.4) is 0 Å². The monoisotopic (exact) mass is 646 g/mol. The Morgan fingerprint density at radius 3 is 2.66 bits per heavy atom. The van der Waals surface area contributed by atoms with Crippen LogP contribution in [0.25, 0.3) is 0 Å². The van der Waals surface area contributed by atoms with Gasteiger partial charge >= 0.3 is 5.97 Å². The average molecular weight is 647 g/mol. The number of amides is 1. The quantitative estimate of drug-likeness (QED) is 0.115. The Labute approximate surface area is 269 Å². The fourth-order valence-corrected chi connectivity index (χ4v) is 7.40. The lowest BCUT2D eigenvalue weighted by atomic mass is 9.79. The molecule has 1 amide bonds. The molecule has 11 heteroatoms. The van der Waals surface area contributed by atoms with Gasteiger partial charge in [0, 0.05) is 55.3 Å². The van der Waals surface area contributed by atoms with E-state index in [0.29, 0.717) is 49.3 Å². The molecule has 2 rings (SSSR count). The van der Waals surface area contributed by atoms with Crippen molar-refractivity contribution in [3.05, 3.63) is 35.1 Å². The second-order valence-electron chi connectivity index (χ2n) is 11.5. The van der Waals surface area contributed by atoms with Gasteiger partial charge in [-0.3, -0.25) is 14.4 Å². The number of ketones is 1. The Kier molecular flexibility index (Phi) is 16.2. The van der Waals surface area contributed by atoms with Crippen LogP contribution in [0.1, 0.15) is 72.6 Å². The van der Waals surface area contributed by atoms with Crippen LogP contribution in [-0.4, -0.2) is 76.6 Å². The third-order valence-electron chi connectivity index (χ3n) is 7.11. The summed E-state index contributed by atoms with van der Waals surface area (Å²) in [6, 6.07) is 0. The number of aliphatic carboxylic acids is 1. The number of nitrogens with one attached hydrogen (secondary N) is 2. The van der Waals surface area contributed by atoms with E-state index in [9.17, 15) is 19.5 Å². The summed E-state index contributed by atoms with van der Waals surface area (Å²) >= 11 is 0. The molecule has 1 aliphatic carbocycles. The van der Waals surface area contributed by atoms with Crippen molar-refractivity contribution in [3.8, 4) is 24.2 Å². The molecule has 4 N–H and O–H groups in total. The summed E-state index contributed by atoms with van der Waals surface area (Å²) in [5.74, 6) is 8.02. The van der Waals surface area contributed by atoms with Crippen LogP contribution in [0.15, 0.2) is 35.1 Å². The Bertz CT molecular complexity index is 1200. The molecular weight excluding hydrogens is 601 g/mol. The maximum atomic E-state index is 13.1. The zero-order valence-electron chi connectivity index (χ0n) is 26.3. The highest BCUT2D eigenvalue weighted by atomic mass is 33.1. The molecular formula is C33H46N2O7S2. The van der Waals surface area contributed by atoms with Crippen LogP contribution < -0.4 is 10.6 Å². The largest absolute Gasteiger partial charge is 0.481 e. The second kappa shape index (κ2) is 19.0. The van der Waals surface area contributed by atoms with Gasteiger partial charge in [-0.2, -0.15) is 0 Å². The molecule has 0 aromatic rings. The normalized spacial score (nSPS) is 24.0. The first-order valence-electron chi connectivity index (χ1n) is 14.9. The first kappa shape index (κ1) is 37.5. The van der Waals surface area contributed by atoms with Gasteiger partial charge in [0.15, 0.2) is 12.1 Å². The molecule has 0 bridgehead atoms. The van der Waals surface area contributed by atoms with Gasteiger partial charge < -0.3 is 30.3 Å². The fraction of sp³-hybridized carbons (Fsp3) is 0.606. The smallest absolute Gasteiger partial charge is 0.303 e. The molecule has 0 radical (unpaired) electrons. The summed E-state index contributed by atoms with van der Waals surface area (Å²) in [6.45, 7) is 8.64. The molecule has 0 aromatic carbocycles. The van der Waals surface area contributed by atoms with E-state index >= 15 is 0 Å². The Morgan fingerprint density at radius 1 is 1.25 bits per heavy atom. The van der Waals surface area contributed by atoms with Crippen molar-refractivity contribution >= 4 is 39.2 Å². The number of carboxylic acids is 1. The molecule has 1 unspecified atom stereocenters. The number of rotatable bonds is 15. The van der Waals surface area contributed by atoms with Crippen molar-refractivity contribution in [2.45, 2.75) is 102 Å². The number of carbonyl (C=O) groups excluding carboxylic acids is 2. The summed E-state index contributed by atoms with van der Waals surface area (Å²) in [4.78, 5) is 35.8. The number of terminal acetylenes is 1. The molecule has 0 aromatic heterocycles. The van der Waals surface area contributed by atoms with Crippen molar-refractivity contribution in [3.63, 3.8) is 0 Å². The lowest BCUT2D eigenvalue weighted by molar-refractivity contribution is -0.216. The summed E-state index contributed by atoms with van der Waals surface area (Å²) in [7, 11) is 5.11. The third-order valence-corrected chi connectivity index (χ3v) is 10.3. The number of carboxylic acid groups (broad SMARTS) is 1. The van der Waals surface area contributed by atoms with E-state index in [0.717, 1.165) is 12.0 Å². The molecule has 1 heterocycles. The number of hydrogen-bond acceptors (Lipinski definition) is 9. The van der Waals surface area contributed by atoms with E-state index in [2.05, 4.69) is 48.3 Å². The van der Waals surface area contributed by atoms with Gasteiger partial charge in [-0.05, 0) is 63.7 Å². The number of hydrogen-bond donors (Lipinski definition) is 4. The highest BCUT2D eigenvalue weighted by Crippen LogP contribution is 2.40. The van der Waals surface area contributed by atoms with Crippen LogP contribution in [0.2, 0.25) is 0 Å². The second-order valence-corrected chi connectivity index (χ2v) is 14.6. The van der Waals surface area contributed by atoms with Gasteiger partial charge in [-0.1, -0.05) is 52.3 Å². The highest BCUT2D eigenvalue weighted by molar-refractivity contribution is 8.77. The van der Waals surface area contributed by atoms with Gasteiger partial charge in [0.2, 0.25) is 5.91 Å². The summed E-state index contributed by atoms with van der Waals surface area (Å²) in [5, 5.41) is 25.0. The van der Waals surface area contributed by atoms with Crippen molar-refractivity contribution in [1.82, 2.24) is 10.6 Å². The third kappa shape index (κ3) is 13.1. The van der Waals surface area contributed by atoms with Crippen LogP contribution in [0, 0.1) is 30.1 Å². The maximum Gasteiger partial charge on any atom is 0.303 e. The van der Waals surface area contributed by atoms with Crippen LogP contribution in [0.4, 0.5) is 0 Å². The maximum absolute atomic E-state index is 13.1. The molecule has 5 atom stereocenters. The Morgan fingerprint density at radius 2 is 2.00 bits per heavy atom. The zero-order valence-corrected chi connectivity index (χ0v) is 27.9. The van der Waals surface area contributed by atoms with Crippen molar-refractivity contribution in [1.29, 1.82) is 0 Å². The van der Waals surface area contributed by atoms with E-state index in [1.165, 1.54) is 6.08 Å². The predicted octanol–water partition coefficient (Wildman–Crippen LogP) is 4.38. The van der Waals surface area contributed by atoms with Crippen LogP contribution in [-0.2, 0) is 23.9 Å². The molecule has 9 nitrogen and oxygen atoms in total. The zero-order chi connectivity index (χ0) is 32.7. The lowest BCUT2D eigenvalue weighted by Crippen LogP contribution is -2.40. The number of likely N-dealkylation sites (N-methyl/N-ethyl adjacent to an activating group) is 1. The fourth-order valence-electron chi connectivity index (χ4n) is 4.97. The molecule has 2 aliphatic rings. The number of carbonyl (C=O) groups is 3. The van der Waals surface area contributed by atoms with E-state index in [1.807, 2.05) is 13.8 Å². The topological polar surface area (TPSA) is 134 Å². The van der Waals surface area contributed by atoms with E-state index in [4.69, 9.17) is 21.0 Å². The number of allylic oxidation sites excluding steroid dienone is 3. The van der Waals surface area contributed by atoms with Crippen LogP contribution >= 0.6 is 21.6 Å². The van der Waals surface area contributed by atoms with Crippen molar-refractivity contribution in [2.75, 3.05) is 19.3 Å². The summed E-state index contributed by atoms with van der Waals surface area (Å²) in [6.07, 6.45) is 10.7. The van der Waals surface area contributed by atoms with Crippen molar-refractivity contribution in [2.24, 2.45) is 5.92 Å². The molecule has 1 aliphatic heterocycles.